The quantitative estimate of drug-likeness (QED) is 0.531. The summed E-state index contributed by atoms with van der Waals surface area (Å²) < 4.78 is 36.5. The molecule has 0 unspecified atom stereocenters. The molecule has 1 fully saturated rings. The standard InChI is InChI=1S/C22H27N5O4S/c1-30-22-21(26-32(2,28)29)14-17(15-25-22)16-3-4-19-18(13-16)20(5-6-23-19)24-7-8-27-9-11-31-12-10-27/h3-6,13-15,26H,7-12H2,1-2H3,(H,23,24). The number of rotatable bonds is 8. The second-order valence-corrected chi connectivity index (χ2v) is 9.37. The molecular weight excluding hydrogens is 430 g/mol. The van der Waals surface area contributed by atoms with E-state index in [0.717, 1.165) is 73.4 Å². The maximum atomic E-state index is 11.7. The monoisotopic (exact) mass is 457 g/mol. The van der Waals surface area contributed by atoms with E-state index in [1.54, 1.807) is 18.5 Å². The average Bonchev–Trinajstić information content (AvgIpc) is 2.78. The molecule has 3 heterocycles. The highest BCUT2D eigenvalue weighted by atomic mass is 32.2. The van der Waals surface area contributed by atoms with E-state index in [-0.39, 0.29) is 5.88 Å². The van der Waals surface area contributed by atoms with Gasteiger partial charge in [-0.2, -0.15) is 0 Å². The van der Waals surface area contributed by atoms with E-state index in [1.165, 1.54) is 7.11 Å². The zero-order valence-corrected chi connectivity index (χ0v) is 19.0. The van der Waals surface area contributed by atoms with Crippen molar-refractivity contribution in [3.05, 3.63) is 42.7 Å². The number of fused-ring (bicyclic) bond motifs is 1. The second kappa shape index (κ2) is 9.68. The van der Waals surface area contributed by atoms with Gasteiger partial charge in [0.2, 0.25) is 15.9 Å². The Labute approximate surface area is 187 Å². The molecule has 1 aliphatic rings. The van der Waals surface area contributed by atoms with Crippen molar-refractivity contribution in [2.24, 2.45) is 0 Å². The highest BCUT2D eigenvalue weighted by Crippen LogP contribution is 2.32. The van der Waals surface area contributed by atoms with Gasteiger partial charge in [-0.25, -0.2) is 13.4 Å². The minimum absolute atomic E-state index is 0.215. The number of ether oxygens (including phenoxy) is 2. The van der Waals surface area contributed by atoms with Gasteiger partial charge in [0.25, 0.3) is 0 Å². The number of hydrogen-bond acceptors (Lipinski definition) is 8. The third-order valence-electron chi connectivity index (χ3n) is 5.26. The SMILES string of the molecule is COc1ncc(-c2ccc3nccc(NCCN4CCOCC4)c3c2)cc1NS(C)(=O)=O. The van der Waals surface area contributed by atoms with Crippen LogP contribution in [-0.4, -0.2) is 76.0 Å². The van der Waals surface area contributed by atoms with Crippen LogP contribution in [0.25, 0.3) is 22.0 Å². The Hall–Kier alpha value is -2.95. The van der Waals surface area contributed by atoms with Crippen LogP contribution in [0, 0.1) is 0 Å². The van der Waals surface area contributed by atoms with E-state index in [0.29, 0.717) is 5.69 Å². The molecule has 2 N–H and O–H groups in total. The molecule has 1 aliphatic heterocycles. The van der Waals surface area contributed by atoms with Gasteiger partial charge in [-0.15, -0.1) is 0 Å². The van der Waals surface area contributed by atoms with E-state index in [9.17, 15) is 8.42 Å². The fourth-order valence-corrected chi connectivity index (χ4v) is 4.24. The van der Waals surface area contributed by atoms with Gasteiger partial charge in [0.15, 0.2) is 0 Å². The van der Waals surface area contributed by atoms with Gasteiger partial charge in [0.05, 0.1) is 32.1 Å². The second-order valence-electron chi connectivity index (χ2n) is 7.63. The zero-order valence-electron chi connectivity index (χ0n) is 18.2. The lowest BCUT2D eigenvalue weighted by Crippen LogP contribution is -2.39. The molecular formula is C22H27N5O4S. The number of aromatic nitrogens is 2. The summed E-state index contributed by atoms with van der Waals surface area (Å²) in [5, 5.41) is 4.51. The smallest absolute Gasteiger partial charge is 0.238 e. The van der Waals surface area contributed by atoms with E-state index in [4.69, 9.17) is 9.47 Å². The van der Waals surface area contributed by atoms with Crippen molar-refractivity contribution >= 4 is 32.3 Å². The first-order valence-electron chi connectivity index (χ1n) is 10.4. The number of benzene rings is 1. The lowest BCUT2D eigenvalue weighted by molar-refractivity contribution is 0.0398. The third kappa shape index (κ3) is 5.45. The Morgan fingerprint density at radius 3 is 2.66 bits per heavy atom. The van der Waals surface area contributed by atoms with Crippen molar-refractivity contribution in [1.29, 1.82) is 0 Å². The minimum atomic E-state index is -3.47. The summed E-state index contributed by atoms with van der Waals surface area (Å²) in [6, 6.07) is 9.61. The van der Waals surface area contributed by atoms with Crippen LogP contribution in [0.1, 0.15) is 0 Å². The summed E-state index contributed by atoms with van der Waals surface area (Å²) in [4.78, 5) is 11.1. The number of nitrogens with one attached hydrogen (secondary N) is 2. The van der Waals surface area contributed by atoms with Crippen LogP contribution in [0.2, 0.25) is 0 Å². The van der Waals surface area contributed by atoms with Crippen molar-refractivity contribution in [2.45, 2.75) is 0 Å². The molecule has 2 aromatic heterocycles. The Balaban J connectivity index is 1.60. The molecule has 0 saturated carbocycles. The van der Waals surface area contributed by atoms with Gasteiger partial charge in [-0.1, -0.05) is 6.07 Å². The molecule has 4 rings (SSSR count). The number of methoxy groups -OCH3 is 1. The highest BCUT2D eigenvalue weighted by molar-refractivity contribution is 7.92. The number of anilines is 2. The van der Waals surface area contributed by atoms with Crippen molar-refractivity contribution in [1.82, 2.24) is 14.9 Å². The first-order valence-corrected chi connectivity index (χ1v) is 12.3. The van der Waals surface area contributed by atoms with Crippen molar-refractivity contribution in [3.63, 3.8) is 0 Å². The van der Waals surface area contributed by atoms with Crippen LogP contribution in [0.3, 0.4) is 0 Å². The van der Waals surface area contributed by atoms with Gasteiger partial charge in [0, 0.05) is 55.2 Å². The zero-order chi connectivity index (χ0) is 22.6. The molecule has 0 amide bonds. The van der Waals surface area contributed by atoms with Gasteiger partial charge in [-0.05, 0) is 29.8 Å². The summed E-state index contributed by atoms with van der Waals surface area (Å²) >= 11 is 0. The molecule has 3 aromatic rings. The molecule has 10 heteroatoms. The van der Waals surface area contributed by atoms with Gasteiger partial charge < -0.3 is 14.8 Å². The Bertz CT molecular complexity index is 1200. The number of hydrogen-bond donors (Lipinski definition) is 2. The van der Waals surface area contributed by atoms with Gasteiger partial charge >= 0.3 is 0 Å². The molecule has 170 valence electrons. The predicted octanol–water partition coefficient (Wildman–Crippen LogP) is 2.42. The summed E-state index contributed by atoms with van der Waals surface area (Å²) in [6.07, 6.45) is 4.55. The molecule has 1 saturated heterocycles. The third-order valence-corrected chi connectivity index (χ3v) is 5.85. The summed E-state index contributed by atoms with van der Waals surface area (Å²) in [6.45, 7) is 5.24. The number of sulfonamides is 1. The topological polar surface area (TPSA) is 106 Å². The maximum Gasteiger partial charge on any atom is 0.238 e. The maximum absolute atomic E-state index is 11.7. The molecule has 9 nitrogen and oxygen atoms in total. The lowest BCUT2D eigenvalue weighted by Gasteiger charge is -2.26. The largest absolute Gasteiger partial charge is 0.480 e. The van der Waals surface area contributed by atoms with Gasteiger partial charge in [0.1, 0.15) is 5.69 Å². The highest BCUT2D eigenvalue weighted by Gasteiger charge is 2.13. The first-order chi connectivity index (χ1) is 15.4. The molecule has 0 atom stereocenters. The van der Waals surface area contributed by atoms with E-state index < -0.39 is 10.0 Å². The van der Waals surface area contributed by atoms with Gasteiger partial charge in [-0.3, -0.25) is 14.6 Å². The van der Waals surface area contributed by atoms with Crippen LogP contribution in [0.15, 0.2) is 42.7 Å². The number of nitrogens with zero attached hydrogens (tertiary/aromatic N) is 3. The van der Waals surface area contributed by atoms with E-state index in [2.05, 4.69) is 24.9 Å². The van der Waals surface area contributed by atoms with Crippen LogP contribution < -0.4 is 14.8 Å². The molecule has 1 aromatic carbocycles. The van der Waals surface area contributed by atoms with Crippen molar-refractivity contribution in [3.8, 4) is 17.0 Å². The molecule has 0 bridgehead atoms. The molecule has 0 aliphatic carbocycles. The number of morpholine rings is 1. The van der Waals surface area contributed by atoms with Crippen LogP contribution in [-0.2, 0) is 14.8 Å². The molecule has 0 spiro atoms. The van der Waals surface area contributed by atoms with Crippen molar-refractivity contribution < 1.29 is 17.9 Å². The van der Waals surface area contributed by atoms with E-state index in [1.807, 2.05) is 24.3 Å². The Morgan fingerprint density at radius 1 is 1.09 bits per heavy atom. The number of pyridine rings is 2. The molecule has 0 radical (unpaired) electrons. The minimum Gasteiger partial charge on any atom is -0.480 e. The Kier molecular flexibility index (Phi) is 6.73. The lowest BCUT2D eigenvalue weighted by atomic mass is 10.0. The van der Waals surface area contributed by atoms with Crippen LogP contribution in [0.4, 0.5) is 11.4 Å². The predicted molar refractivity (Wildman–Crippen MR) is 126 cm³/mol. The van der Waals surface area contributed by atoms with Crippen molar-refractivity contribution in [2.75, 3.05) is 62.8 Å². The first kappa shape index (κ1) is 22.3. The fraction of sp³-hybridized carbons (Fsp3) is 0.364. The fourth-order valence-electron chi connectivity index (χ4n) is 3.70. The summed E-state index contributed by atoms with van der Waals surface area (Å²) in [5.41, 5.74) is 3.83. The molecule has 32 heavy (non-hydrogen) atoms. The Morgan fingerprint density at radius 2 is 1.91 bits per heavy atom. The van der Waals surface area contributed by atoms with E-state index >= 15 is 0 Å². The summed E-state index contributed by atoms with van der Waals surface area (Å²) in [7, 11) is -2.02. The average molecular weight is 458 g/mol. The van der Waals surface area contributed by atoms with Crippen LogP contribution >= 0.6 is 0 Å². The van der Waals surface area contributed by atoms with Crippen LogP contribution in [0.5, 0.6) is 5.88 Å². The normalized spacial score (nSPS) is 14.9. The summed E-state index contributed by atoms with van der Waals surface area (Å²) in [5.74, 6) is 0.215.